The molecule has 1 aromatic rings. The van der Waals surface area contributed by atoms with Crippen molar-refractivity contribution in [1.29, 1.82) is 0 Å². The minimum absolute atomic E-state index is 0.0350. The van der Waals surface area contributed by atoms with Crippen molar-refractivity contribution in [3.63, 3.8) is 0 Å². The normalized spacial score (nSPS) is 16.2. The number of aliphatic hydroxyl groups excluding tert-OH is 1. The van der Waals surface area contributed by atoms with E-state index >= 15 is 0 Å². The van der Waals surface area contributed by atoms with Gasteiger partial charge in [-0.3, -0.25) is 9.59 Å². The highest BCUT2D eigenvalue weighted by Crippen LogP contribution is 2.35. The Labute approximate surface area is 127 Å². The SMILES string of the molecule is CCOC(=O)CN1C(C(C)=O)=C(O)c2ccccc2S1(=O)=O. The summed E-state index contributed by atoms with van der Waals surface area (Å²) in [4.78, 5) is 23.3. The molecule has 0 unspecified atom stereocenters. The number of benzene rings is 1. The second-order valence-electron chi connectivity index (χ2n) is 4.57. The largest absolute Gasteiger partial charge is 0.505 e. The highest BCUT2D eigenvalue weighted by molar-refractivity contribution is 7.89. The van der Waals surface area contributed by atoms with E-state index in [4.69, 9.17) is 4.74 Å². The van der Waals surface area contributed by atoms with Gasteiger partial charge in [0.2, 0.25) is 0 Å². The number of aliphatic hydroxyl groups is 1. The third-order valence-electron chi connectivity index (χ3n) is 3.10. The average molecular weight is 325 g/mol. The number of carbonyl (C=O) groups is 2. The number of esters is 1. The summed E-state index contributed by atoms with van der Waals surface area (Å²) in [6.45, 7) is 2.10. The van der Waals surface area contributed by atoms with Crippen LogP contribution in [0.1, 0.15) is 19.4 Å². The molecule has 0 saturated carbocycles. The number of fused-ring (bicyclic) bond motifs is 1. The molecule has 0 saturated heterocycles. The zero-order valence-electron chi connectivity index (χ0n) is 12.1. The van der Waals surface area contributed by atoms with Gasteiger partial charge in [-0.15, -0.1) is 0 Å². The van der Waals surface area contributed by atoms with Crippen LogP contribution in [0.15, 0.2) is 34.9 Å². The number of hydrogen-bond donors (Lipinski definition) is 1. The van der Waals surface area contributed by atoms with Crippen molar-refractivity contribution in [3.8, 4) is 0 Å². The van der Waals surface area contributed by atoms with Crippen LogP contribution in [0, 0.1) is 0 Å². The van der Waals surface area contributed by atoms with E-state index in [2.05, 4.69) is 0 Å². The maximum absolute atomic E-state index is 12.6. The number of sulfonamides is 1. The minimum atomic E-state index is -4.13. The topological polar surface area (TPSA) is 101 Å². The predicted molar refractivity (Wildman–Crippen MR) is 77.2 cm³/mol. The molecule has 0 atom stereocenters. The first-order valence-corrected chi connectivity index (χ1v) is 7.96. The maximum atomic E-state index is 12.6. The van der Waals surface area contributed by atoms with E-state index in [1.54, 1.807) is 13.0 Å². The van der Waals surface area contributed by atoms with Gasteiger partial charge in [0.05, 0.1) is 11.5 Å². The number of allylic oxidation sites excluding steroid dienone is 1. The molecular formula is C14H15NO6S. The second-order valence-corrected chi connectivity index (χ2v) is 6.40. The van der Waals surface area contributed by atoms with Crippen molar-refractivity contribution in [3.05, 3.63) is 35.5 Å². The molecule has 0 fully saturated rings. The number of hydrogen-bond acceptors (Lipinski definition) is 6. The van der Waals surface area contributed by atoms with Gasteiger partial charge in [0.1, 0.15) is 12.2 Å². The molecular weight excluding hydrogens is 310 g/mol. The first-order valence-electron chi connectivity index (χ1n) is 6.52. The first-order chi connectivity index (χ1) is 10.3. The molecule has 0 radical (unpaired) electrons. The Morgan fingerprint density at radius 1 is 1.27 bits per heavy atom. The Hall–Kier alpha value is -2.35. The standard InChI is InChI=1S/C14H15NO6S/c1-3-21-12(17)8-15-13(9(2)16)14(18)10-6-4-5-7-11(10)22(15,19)20/h4-7,18H,3,8H2,1-2H3. The molecule has 22 heavy (non-hydrogen) atoms. The summed E-state index contributed by atoms with van der Waals surface area (Å²) in [6.07, 6.45) is 0. The van der Waals surface area contributed by atoms with Gasteiger partial charge in [-0.2, -0.15) is 0 Å². The fourth-order valence-electron chi connectivity index (χ4n) is 2.20. The Balaban J connectivity index is 2.64. The Kier molecular flexibility index (Phi) is 4.23. The van der Waals surface area contributed by atoms with Crippen LogP contribution in [0.3, 0.4) is 0 Å². The van der Waals surface area contributed by atoms with Crippen LogP contribution >= 0.6 is 0 Å². The second kappa shape index (κ2) is 5.80. The lowest BCUT2D eigenvalue weighted by Gasteiger charge is -2.30. The lowest BCUT2D eigenvalue weighted by Crippen LogP contribution is -2.41. The quantitative estimate of drug-likeness (QED) is 0.831. The zero-order chi connectivity index (χ0) is 16.5. The van der Waals surface area contributed by atoms with Crippen molar-refractivity contribution < 1.29 is 27.9 Å². The number of rotatable bonds is 4. The van der Waals surface area contributed by atoms with Crippen LogP contribution in [0.25, 0.3) is 5.76 Å². The van der Waals surface area contributed by atoms with Crippen LogP contribution in [0.5, 0.6) is 0 Å². The summed E-state index contributed by atoms with van der Waals surface area (Å²) in [5.41, 5.74) is -0.403. The molecule has 118 valence electrons. The smallest absolute Gasteiger partial charge is 0.326 e. The summed E-state index contributed by atoms with van der Waals surface area (Å²) in [5, 5.41) is 10.2. The van der Waals surface area contributed by atoms with Crippen LogP contribution < -0.4 is 0 Å². The van der Waals surface area contributed by atoms with Gasteiger partial charge in [0, 0.05) is 12.5 Å². The summed E-state index contributed by atoms with van der Waals surface area (Å²) >= 11 is 0. The monoisotopic (exact) mass is 325 g/mol. The van der Waals surface area contributed by atoms with Crippen LogP contribution in [-0.2, 0) is 24.3 Å². The molecule has 0 bridgehead atoms. The van der Waals surface area contributed by atoms with Gasteiger partial charge in [-0.1, -0.05) is 12.1 Å². The molecule has 1 aromatic carbocycles. The number of Topliss-reactive ketones (excluding diaryl/α,β-unsaturated/α-hetero) is 1. The lowest BCUT2D eigenvalue weighted by molar-refractivity contribution is -0.143. The van der Waals surface area contributed by atoms with E-state index in [0.717, 1.165) is 6.92 Å². The molecule has 1 aliphatic rings. The average Bonchev–Trinajstić information content (AvgIpc) is 2.45. The first kappa shape index (κ1) is 16.0. The van der Waals surface area contributed by atoms with Gasteiger partial charge in [0.25, 0.3) is 10.0 Å². The number of ether oxygens (including phenoxy) is 1. The fourth-order valence-corrected chi connectivity index (χ4v) is 3.86. The Bertz CT molecular complexity index is 765. The van der Waals surface area contributed by atoms with E-state index in [-0.39, 0.29) is 17.1 Å². The number of ketones is 1. The molecule has 7 nitrogen and oxygen atoms in total. The van der Waals surface area contributed by atoms with Crippen LogP contribution in [0.2, 0.25) is 0 Å². The van der Waals surface area contributed by atoms with Gasteiger partial charge in [-0.05, 0) is 19.1 Å². The third kappa shape index (κ3) is 2.57. The van der Waals surface area contributed by atoms with Crippen molar-refractivity contribution in [2.45, 2.75) is 18.7 Å². The lowest BCUT2D eigenvalue weighted by atomic mass is 10.1. The molecule has 0 spiro atoms. The molecule has 0 aliphatic carbocycles. The van der Waals surface area contributed by atoms with Gasteiger partial charge in [0.15, 0.2) is 11.5 Å². The predicted octanol–water partition coefficient (Wildman–Crippen LogP) is 1.07. The molecule has 1 N–H and O–H groups in total. The van der Waals surface area contributed by atoms with E-state index in [1.165, 1.54) is 18.2 Å². The number of nitrogens with zero attached hydrogens (tertiary/aromatic N) is 1. The summed E-state index contributed by atoms with van der Waals surface area (Å²) in [6, 6.07) is 5.73. The van der Waals surface area contributed by atoms with Crippen LogP contribution in [0.4, 0.5) is 0 Å². The molecule has 0 amide bonds. The minimum Gasteiger partial charge on any atom is -0.505 e. The van der Waals surface area contributed by atoms with Gasteiger partial charge < -0.3 is 9.84 Å². The molecule has 8 heteroatoms. The maximum Gasteiger partial charge on any atom is 0.326 e. The summed E-state index contributed by atoms with van der Waals surface area (Å²) < 4.78 is 30.6. The highest BCUT2D eigenvalue weighted by Gasteiger charge is 2.39. The van der Waals surface area contributed by atoms with Gasteiger partial charge in [-0.25, -0.2) is 12.7 Å². The third-order valence-corrected chi connectivity index (χ3v) is 4.90. The Morgan fingerprint density at radius 3 is 2.50 bits per heavy atom. The molecule has 0 aromatic heterocycles. The highest BCUT2D eigenvalue weighted by atomic mass is 32.2. The van der Waals surface area contributed by atoms with Crippen molar-refractivity contribution in [2.24, 2.45) is 0 Å². The number of carbonyl (C=O) groups excluding carboxylic acids is 2. The summed E-state index contributed by atoms with van der Waals surface area (Å²) in [7, 11) is -4.13. The van der Waals surface area contributed by atoms with Gasteiger partial charge >= 0.3 is 5.97 Å². The van der Waals surface area contributed by atoms with E-state index in [9.17, 15) is 23.1 Å². The fraction of sp³-hybridized carbons (Fsp3) is 0.286. The van der Waals surface area contributed by atoms with Crippen molar-refractivity contribution >= 4 is 27.5 Å². The Morgan fingerprint density at radius 2 is 1.91 bits per heavy atom. The van der Waals surface area contributed by atoms with E-state index in [1.807, 2.05) is 0 Å². The molecule has 1 heterocycles. The van der Waals surface area contributed by atoms with Crippen LogP contribution in [-0.4, -0.2) is 42.7 Å². The molecule has 1 aliphatic heterocycles. The van der Waals surface area contributed by atoms with Crippen molar-refractivity contribution in [1.82, 2.24) is 4.31 Å². The summed E-state index contributed by atoms with van der Waals surface area (Å²) in [5.74, 6) is -1.95. The van der Waals surface area contributed by atoms with E-state index < -0.39 is 39.8 Å². The molecule has 2 rings (SSSR count). The van der Waals surface area contributed by atoms with E-state index in [0.29, 0.717) is 4.31 Å². The van der Waals surface area contributed by atoms with Crippen molar-refractivity contribution in [2.75, 3.05) is 13.2 Å². The zero-order valence-corrected chi connectivity index (χ0v) is 12.9.